The van der Waals surface area contributed by atoms with Crippen LogP contribution in [0.15, 0.2) is 42.7 Å². The Hall–Kier alpha value is -2.69. The second kappa shape index (κ2) is 16.9. The number of aryl methyl sites for hydroxylation is 1. The summed E-state index contributed by atoms with van der Waals surface area (Å²) in [5, 5.41) is 7.52. The molecule has 202 valence electrons. The Labute approximate surface area is 224 Å². The van der Waals surface area contributed by atoms with Gasteiger partial charge in [0.05, 0.1) is 11.9 Å². The zero-order valence-corrected chi connectivity index (χ0v) is 23.3. The fourth-order valence-electron chi connectivity index (χ4n) is 4.96. The van der Waals surface area contributed by atoms with E-state index in [0.29, 0.717) is 17.8 Å². The number of amides is 1. The third-order valence-corrected chi connectivity index (χ3v) is 7.31. The smallest absolute Gasteiger partial charge is 0.256 e. The van der Waals surface area contributed by atoms with Crippen LogP contribution >= 0.6 is 0 Å². The number of benzene rings is 1. The molecule has 1 amide bonds. The highest BCUT2D eigenvalue weighted by Gasteiger charge is 2.15. The molecule has 0 bridgehead atoms. The number of fused-ring (bicyclic) bond motifs is 1. The van der Waals surface area contributed by atoms with Crippen molar-refractivity contribution in [3.05, 3.63) is 53.9 Å². The molecule has 2 heterocycles. The first-order valence-corrected chi connectivity index (χ1v) is 14.9. The third-order valence-electron chi connectivity index (χ3n) is 7.31. The fraction of sp³-hybridized carbons (Fsp3) is 0.594. The van der Waals surface area contributed by atoms with Crippen LogP contribution in [-0.2, 0) is 0 Å². The Morgan fingerprint density at radius 3 is 1.86 bits per heavy atom. The first-order chi connectivity index (χ1) is 18.2. The van der Waals surface area contributed by atoms with E-state index in [4.69, 9.17) is 0 Å². The summed E-state index contributed by atoms with van der Waals surface area (Å²) in [6.45, 7) is 5.05. The van der Waals surface area contributed by atoms with Crippen molar-refractivity contribution >= 4 is 11.6 Å². The molecule has 2 aromatic heterocycles. The van der Waals surface area contributed by atoms with Crippen LogP contribution < -0.4 is 5.32 Å². The molecule has 0 saturated carbocycles. The van der Waals surface area contributed by atoms with Crippen LogP contribution in [0.3, 0.4) is 0 Å². The standard InChI is InChI=1S/C32H48N4O/c1-3-4-5-6-7-8-9-10-11-12-13-14-15-16-17-18-24-34-32(37)29-26-35-36-30(23-25-33-31(29)36)28-21-19-27(2)20-22-28/h19-23,25-26H,3-18,24H2,1-2H3,(H,34,37). The monoisotopic (exact) mass is 504 g/mol. The van der Waals surface area contributed by atoms with Gasteiger partial charge in [0.2, 0.25) is 0 Å². The van der Waals surface area contributed by atoms with E-state index in [1.54, 1.807) is 16.9 Å². The Morgan fingerprint density at radius 1 is 0.757 bits per heavy atom. The maximum atomic E-state index is 12.8. The zero-order chi connectivity index (χ0) is 26.1. The van der Waals surface area contributed by atoms with Gasteiger partial charge in [-0.25, -0.2) is 9.50 Å². The van der Waals surface area contributed by atoms with Gasteiger partial charge in [-0.2, -0.15) is 5.10 Å². The van der Waals surface area contributed by atoms with Gasteiger partial charge in [-0.1, -0.05) is 133 Å². The molecule has 0 unspecified atom stereocenters. The van der Waals surface area contributed by atoms with E-state index in [1.807, 2.05) is 6.07 Å². The molecule has 3 aromatic rings. The molecular formula is C32H48N4O. The van der Waals surface area contributed by atoms with Gasteiger partial charge in [0.25, 0.3) is 5.91 Å². The maximum Gasteiger partial charge on any atom is 0.256 e. The molecule has 0 aliphatic rings. The van der Waals surface area contributed by atoms with Crippen molar-refractivity contribution in [2.75, 3.05) is 6.54 Å². The number of aromatic nitrogens is 3. The number of nitrogens with one attached hydrogen (secondary N) is 1. The fourth-order valence-corrected chi connectivity index (χ4v) is 4.96. The van der Waals surface area contributed by atoms with Gasteiger partial charge in [0, 0.05) is 18.3 Å². The van der Waals surface area contributed by atoms with E-state index in [0.717, 1.165) is 17.7 Å². The SMILES string of the molecule is CCCCCCCCCCCCCCCCCCNC(=O)c1cnn2c(-c3ccc(C)cc3)ccnc12. The molecule has 0 fully saturated rings. The Kier molecular flexibility index (Phi) is 13.2. The predicted octanol–water partition coefficient (Wildman–Crippen LogP) is 8.70. The molecule has 5 nitrogen and oxygen atoms in total. The highest BCUT2D eigenvalue weighted by Crippen LogP contribution is 2.21. The van der Waals surface area contributed by atoms with Gasteiger partial charge in [0.1, 0.15) is 5.56 Å². The minimum absolute atomic E-state index is 0.0930. The second-order valence-electron chi connectivity index (χ2n) is 10.5. The van der Waals surface area contributed by atoms with Gasteiger partial charge in [-0.3, -0.25) is 4.79 Å². The minimum Gasteiger partial charge on any atom is -0.352 e. The van der Waals surface area contributed by atoms with Gasteiger partial charge >= 0.3 is 0 Å². The lowest BCUT2D eigenvalue weighted by Crippen LogP contribution is -2.24. The summed E-state index contributed by atoms with van der Waals surface area (Å²) in [5.74, 6) is -0.0930. The van der Waals surface area contributed by atoms with Crippen LogP contribution in [0.25, 0.3) is 16.9 Å². The summed E-state index contributed by atoms with van der Waals surface area (Å²) in [4.78, 5) is 17.2. The average Bonchev–Trinajstić information content (AvgIpc) is 3.35. The van der Waals surface area contributed by atoms with E-state index < -0.39 is 0 Å². The quantitative estimate of drug-likeness (QED) is 0.166. The molecule has 0 aliphatic heterocycles. The molecule has 1 N–H and O–H groups in total. The largest absolute Gasteiger partial charge is 0.352 e. The number of rotatable bonds is 19. The van der Waals surface area contributed by atoms with Crippen molar-refractivity contribution in [1.29, 1.82) is 0 Å². The van der Waals surface area contributed by atoms with Crippen molar-refractivity contribution in [3.63, 3.8) is 0 Å². The van der Waals surface area contributed by atoms with Crippen molar-refractivity contribution in [2.45, 2.75) is 117 Å². The molecule has 3 rings (SSSR count). The van der Waals surface area contributed by atoms with E-state index in [1.165, 1.54) is 102 Å². The van der Waals surface area contributed by atoms with E-state index >= 15 is 0 Å². The van der Waals surface area contributed by atoms with Crippen molar-refractivity contribution in [3.8, 4) is 11.3 Å². The summed E-state index contributed by atoms with van der Waals surface area (Å²) in [6.07, 6.45) is 25.0. The zero-order valence-electron chi connectivity index (χ0n) is 23.3. The number of carbonyl (C=O) groups excluding carboxylic acids is 1. The lowest BCUT2D eigenvalue weighted by atomic mass is 10.0. The maximum absolute atomic E-state index is 12.8. The molecule has 0 atom stereocenters. The number of unbranched alkanes of at least 4 members (excludes halogenated alkanes) is 15. The molecule has 0 aliphatic carbocycles. The minimum atomic E-state index is -0.0930. The first-order valence-electron chi connectivity index (χ1n) is 14.9. The van der Waals surface area contributed by atoms with Crippen LogP contribution in [0, 0.1) is 6.92 Å². The van der Waals surface area contributed by atoms with E-state index in [9.17, 15) is 4.79 Å². The molecule has 37 heavy (non-hydrogen) atoms. The molecular weight excluding hydrogens is 456 g/mol. The van der Waals surface area contributed by atoms with Crippen LogP contribution in [0.5, 0.6) is 0 Å². The summed E-state index contributed by atoms with van der Waals surface area (Å²) in [6, 6.07) is 10.2. The molecule has 5 heteroatoms. The van der Waals surface area contributed by atoms with Crippen LogP contribution in [-0.4, -0.2) is 27.0 Å². The molecule has 1 aromatic carbocycles. The predicted molar refractivity (Wildman–Crippen MR) is 155 cm³/mol. The number of nitrogens with zero attached hydrogens (tertiary/aromatic N) is 3. The van der Waals surface area contributed by atoms with E-state index in [-0.39, 0.29) is 5.91 Å². The number of hydrogen-bond acceptors (Lipinski definition) is 3. The van der Waals surface area contributed by atoms with Crippen molar-refractivity contribution in [2.24, 2.45) is 0 Å². The highest BCUT2D eigenvalue weighted by atomic mass is 16.1. The second-order valence-corrected chi connectivity index (χ2v) is 10.5. The molecule has 0 radical (unpaired) electrons. The summed E-state index contributed by atoms with van der Waals surface area (Å²) in [5.41, 5.74) is 4.33. The Balaban J connectivity index is 1.24. The highest BCUT2D eigenvalue weighted by molar-refractivity contribution is 5.99. The Bertz CT molecular complexity index is 1040. The topological polar surface area (TPSA) is 59.3 Å². The lowest BCUT2D eigenvalue weighted by Gasteiger charge is -2.06. The Morgan fingerprint density at radius 2 is 1.30 bits per heavy atom. The third kappa shape index (κ3) is 9.94. The average molecular weight is 505 g/mol. The van der Waals surface area contributed by atoms with Gasteiger partial charge in [-0.15, -0.1) is 0 Å². The van der Waals surface area contributed by atoms with Gasteiger partial charge in [0.15, 0.2) is 5.65 Å². The lowest BCUT2D eigenvalue weighted by molar-refractivity contribution is 0.0954. The normalized spacial score (nSPS) is 11.3. The van der Waals surface area contributed by atoms with E-state index in [2.05, 4.69) is 53.5 Å². The molecule has 0 saturated heterocycles. The number of hydrogen-bond donors (Lipinski definition) is 1. The summed E-state index contributed by atoms with van der Waals surface area (Å²) >= 11 is 0. The van der Waals surface area contributed by atoms with Gasteiger partial charge in [-0.05, 0) is 19.4 Å². The van der Waals surface area contributed by atoms with Crippen molar-refractivity contribution in [1.82, 2.24) is 19.9 Å². The van der Waals surface area contributed by atoms with Crippen LogP contribution in [0.1, 0.15) is 126 Å². The summed E-state index contributed by atoms with van der Waals surface area (Å²) in [7, 11) is 0. The number of carbonyl (C=O) groups is 1. The van der Waals surface area contributed by atoms with Crippen molar-refractivity contribution < 1.29 is 4.79 Å². The van der Waals surface area contributed by atoms with Gasteiger partial charge < -0.3 is 5.32 Å². The summed E-state index contributed by atoms with van der Waals surface area (Å²) < 4.78 is 1.76. The first kappa shape index (κ1) is 28.9. The van der Waals surface area contributed by atoms with Crippen LogP contribution in [0.2, 0.25) is 0 Å². The molecule has 0 spiro atoms. The van der Waals surface area contributed by atoms with Crippen LogP contribution in [0.4, 0.5) is 0 Å².